The van der Waals surface area contributed by atoms with Crippen LogP contribution in [0.5, 0.6) is 0 Å². The van der Waals surface area contributed by atoms with Gasteiger partial charge in [-0.05, 0) is 43.6 Å². The smallest absolute Gasteiger partial charge is 0.191 e. The molecule has 0 bridgehead atoms. The molecule has 0 aromatic carbocycles. The molecule has 4 nitrogen and oxygen atoms in total. The Morgan fingerprint density at radius 1 is 1.33 bits per heavy atom. The van der Waals surface area contributed by atoms with Gasteiger partial charge in [0, 0.05) is 31.1 Å². The highest BCUT2D eigenvalue weighted by Crippen LogP contribution is 2.11. The Labute approximate surface area is 132 Å². The number of aliphatic hydroxyl groups is 1. The second kappa shape index (κ2) is 11.6. The van der Waals surface area contributed by atoms with E-state index in [1.54, 1.807) is 11.3 Å². The van der Waals surface area contributed by atoms with Crippen molar-refractivity contribution in [1.29, 1.82) is 0 Å². The van der Waals surface area contributed by atoms with E-state index in [1.165, 1.54) is 4.88 Å². The zero-order chi connectivity index (χ0) is 15.3. The summed E-state index contributed by atoms with van der Waals surface area (Å²) < 4.78 is 0. The molecule has 0 saturated heterocycles. The van der Waals surface area contributed by atoms with E-state index < -0.39 is 0 Å². The lowest BCUT2D eigenvalue weighted by atomic mass is 10.0. The molecular formula is C16H29N3OS. The summed E-state index contributed by atoms with van der Waals surface area (Å²) in [5, 5.41) is 17.9. The quantitative estimate of drug-likeness (QED) is 0.460. The summed E-state index contributed by atoms with van der Waals surface area (Å²) in [6, 6.07) is 4.25. The van der Waals surface area contributed by atoms with Crippen molar-refractivity contribution in [1.82, 2.24) is 10.6 Å². The molecule has 1 aromatic rings. The predicted molar refractivity (Wildman–Crippen MR) is 92.1 cm³/mol. The summed E-state index contributed by atoms with van der Waals surface area (Å²) in [7, 11) is 0. The van der Waals surface area contributed by atoms with Crippen LogP contribution in [0.25, 0.3) is 0 Å². The van der Waals surface area contributed by atoms with E-state index in [1.807, 2.05) is 0 Å². The van der Waals surface area contributed by atoms with Gasteiger partial charge in [0.25, 0.3) is 0 Å². The predicted octanol–water partition coefficient (Wildman–Crippen LogP) is 2.64. The second-order valence-electron chi connectivity index (χ2n) is 5.14. The molecule has 120 valence electrons. The van der Waals surface area contributed by atoms with E-state index in [0.29, 0.717) is 5.92 Å². The van der Waals surface area contributed by atoms with Crippen molar-refractivity contribution in [3.05, 3.63) is 22.4 Å². The minimum absolute atomic E-state index is 0.253. The first-order chi connectivity index (χ1) is 10.3. The zero-order valence-corrected chi connectivity index (χ0v) is 14.1. The van der Waals surface area contributed by atoms with Gasteiger partial charge in [0.05, 0.1) is 0 Å². The molecule has 5 heteroatoms. The Hall–Kier alpha value is -1.07. The maximum Gasteiger partial charge on any atom is 0.191 e. The van der Waals surface area contributed by atoms with Gasteiger partial charge < -0.3 is 15.7 Å². The minimum Gasteiger partial charge on any atom is -0.396 e. The molecule has 1 aromatic heterocycles. The number of guanidine groups is 1. The fourth-order valence-electron chi connectivity index (χ4n) is 2.24. The Bertz CT molecular complexity index is 373. The molecule has 0 fully saturated rings. The van der Waals surface area contributed by atoms with Gasteiger partial charge in [0.1, 0.15) is 0 Å². The van der Waals surface area contributed by atoms with Gasteiger partial charge in [0.2, 0.25) is 0 Å². The summed E-state index contributed by atoms with van der Waals surface area (Å²) in [5.74, 6) is 1.36. The van der Waals surface area contributed by atoms with Gasteiger partial charge in [-0.2, -0.15) is 0 Å². The lowest BCUT2D eigenvalue weighted by molar-refractivity contribution is 0.253. The van der Waals surface area contributed by atoms with Crippen LogP contribution in [0.15, 0.2) is 22.5 Å². The van der Waals surface area contributed by atoms with Gasteiger partial charge in [-0.25, -0.2) is 0 Å². The molecule has 0 spiro atoms. The number of rotatable bonds is 10. The molecule has 0 aliphatic rings. The van der Waals surface area contributed by atoms with E-state index >= 15 is 0 Å². The maximum atomic E-state index is 9.10. The zero-order valence-electron chi connectivity index (χ0n) is 13.3. The lowest BCUT2D eigenvalue weighted by Gasteiger charge is -2.15. The first-order valence-electron chi connectivity index (χ1n) is 7.95. The molecule has 0 saturated carbocycles. The normalized spacial score (nSPS) is 13.2. The number of aliphatic hydroxyl groups excluding tert-OH is 1. The third kappa shape index (κ3) is 8.07. The molecular weight excluding hydrogens is 282 g/mol. The van der Waals surface area contributed by atoms with E-state index in [-0.39, 0.29) is 6.61 Å². The standard InChI is InChI=1S/C16H29N3OS/c1-3-6-14(9-11-20)13-19-16(17-4-2)18-10-8-15-7-5-12-21-15/h5,7,12,14,20H,3-4,6,8-11,13H2,1-2H3,(H2,17,18,19). The fraction of sp³-hybridized carbons (Fsp3) is 0.688. The summed E-state index contributed by atoms with van der Waals surface area (Å²) in [6.45, 7) is 7.05. The summed E-state index contributed by atoms with van der Waals surface area (Å²) in [4.78, 5) is 6.05. The highest BCUT2D eigenvalue weighted by molar-refractivity contribution is 7.09. The molecule has 0 amide bonds. The number of nitrogens with one attached hydrogen (secondary N) is 2. The van der Waals surface area contributed by atoms with Gasteiger partial charge in [-0.15, -0.1) is 11.3 Å². The molecule has 0 aliphatic heterocycles. The van der Waals surface area contributed by atoms with Crippen molar-refractivity contribution in [2.75, 3.05) is 26.2 Å². The van der Waals surface area contributed by atoms with Crippen molar-refractivity contribution in [2.24, 2.45) is 10.9 Å². The molecule has 1 rings (SSSR count). The molecule has 1 atom stereocenters. The highest BCUT2D eigenvalue weighted by atomic mass is 32.1. The van der Waals surface area contributed by atoms with Gasteiger partial charge in [0.15, 0.2) is 5.96 Å². The van der Waals surface area contributed by atoms with Crippen LogP contribution in [0.2, 0.25) is 0 Å². The van der Waals surface area contributed by atoms with Crippen molar-refractivity contribution >= 4 is 17.3 Å². The largest absolute Gasteiger partial charge is 0.396 e. The van der Waals surface area contributed by atoms with Crippen LogP contribution in [0.1, 0.15) is 38.0 Å². The van der Waals surface area contributed by atoms with Gasteiger partial charge >= 0.3 is 0 Å². The van der Waals surface area contributed by atoms with Crippen LogP contribution in [0.3, 0.4) is 0 Å². The van der Waals surface area contributed by atoms with Crippen LogP contribution in [-0.4, -0.2) is 37.3 Å². The van der Waals surface area contributed by atoms with Crippen LogP contribution in [0, 0.1) is 5.92 Å². The van der Waals surface area contributed by atoms with E-state index in [4.69, 9.17) is 5.11 Å². The van der Waals surface area contributed by atoms with Crippen LogP contribution < -0.4 is 10.6 Å². The maximum absolute atomic E-state index is 9.10. The molecule has 3 N–H and O–H groups in total. The van der Waals surface area contributed by atoms with Crippen LogP contribution in [0.4, 0.5) is 0 Å². The molecule has 1 unspecified atom stereocenters. The minimum atomic E-state index is 0.253. The topological polar surface area (TPSA) is 56.7 Å². The molecule has 21 heavy (non-hydrogen) atoms. The number of hydrogen-bond donors (Lipinski definition) is 3. The van der Waals surface area contributed by atoms with Crippen LogP contribution in [-0.2, 0) is 6.42 Å². The third-order valence-corrected chi connectivity index (χ3v) is 4.27. The number of thiophene rings is 1. The molecule has 0 aliphatic carbocycles. The SMILES string of the molecule is CCCC(CCO)CN=C(NCC)NCCc1cccs1. The van der Waals surface area contributed by atoms with E-state index in [9.17, 15) is 0 Å². The molecule has 1 heterocycles. The number of nitrogens with zero attached hydrogens (tertiary/aromatic N) is 1. The monoisotopic (exact) mass is 311 g/mol. The van der Waals surface area contributed by atoms with Crippen molar-refractivity contribution < 1.29 is 5.11 Å². The Kier molecular flexibility index (Phi) is 9.91. The number of aliphatic imine (C=N–C) groups is 1. The van der Waals surface area contributed by atoms with Crippen LogP contribution >= 0.6 is 11.3 Å². The van der Waals surface area contributed by atoms with Crippen molar-refractivity contribution in [3.63, 3.8) is 0 Å². The average Bonchev–Trinajstić information content (AvgIpc) is 2.98. The Morgan fingerprint density at radius 2 is 2.19 bits per heavy atom. The third-order valence-electron chi connectivity index (χ3n) is 3.33. The van der Waals surface area contributed by atoms with E-state index in [0.717, 1.165) is 51.3 Å². The first-order valence-corrected chi connectivity index (χ1v) is 8.83. The first kappa shape index (κ1) is 18.0. The van der Waals surface area contributed by atoms with Crippen molar-refractivity contribution in [3.8, 4) is 0 Å². The summed E-state index contributed by atoms with van der Waals surface area (Å²) in [5.41, 5.74) is 0. The van der Waals surface area contributed by atoms with Gasteiger partial charge in [-0.3, -0.25) is 4.99 Å². The number of hydrogen-bond acceptors (Lipinski definition) is 3. The Morgan fingerprint density at radius 3 is 2.81 bits per heavy atom. The van der Waals surface area contributed by atoms with E-state index in [2.05, 4.69) is 47.0 Å². The average molecular weight is 311 g/mol. The van der Waals surface area contributed by atoms with Gasteiger partial charge in [-0.1, -0.05) is 19.4 Å². The fourth-order valence-corrected chi connectivity index (χ4v) is 2.95. The second-order valence-corrected chi connectivity index (χ2v) is 6.17. The highest BCUT2D eigenvalue weighted by Gasteiger charge is 2.07. The lowest BCUT2D eigenvalue weighted by Crippen LogP contribution is -2.38. The Balaban J connectivity index is 2.40. The summed E-state index contributed by atoms with van der Waals surface area (Å²) in [6.07, 6.45) is 4.13. The molecule has 0 radical (unpaired) electrons. The van der Waals surface area contributed by atoms with Crippen molar-refractivity contribution in [2.45, 2.75) is 39.5 Å². The summed E-state index contributed by atoms with van der Waals surface area (Å²) >= 11 is 1.79.